The summed E-state index contributed by atoms with van der Waals surface area (Å²) >= 11 is 24.7. The van der Waals surface area contributed by atoms with E-state index in [9.17, 15) is 9.59 Å². The number of halogens is 3. The van der Waals surface area contributed by atoms with Crippen LogP contribution in [0, 0.1) is 6.92 Å². The first-order valence-corrected chi connectivity index (χ1v) is 12.6. The van der Waals surface area contributed by atoms with E-state index >= 15 is 0 Å². The Hall–Kier alpha value is -2.55. The first-order chi connectivity index (χ1) is 16.7. The summed E-state index contributed by atoms with van der Waals surface area (Å²) in [5, 5.41) is 4.05. The van der Waals surface area contributed by atoms with Gasteiger partial charge in [0.15, 0.2) is 10.9 Å². The fraction of sp³-hybridized carbons (Fsp3) is 0.0800. The van der Waals surface area contributed by atoms with Crippen LogP contribution in [0.4, 0.5) is 11.4 Å². The van der Waals surface area contributed by atoms with Gasteiger partial charge < -0.3 is 10.1 Å². The van der Waals surface area contributed by atoms with Gasteiger partial charge in [0.1, 0.15) is 5.75 Å². The number of carbonyl (C=O) groups excluding carboxylic acids is 2. The summed E-state index contributed by atoms with van der Waals surface area (Å²) in [6.45, 7) is 1.69. The summed E-state index contributed by atoms with van der Waals surface area (Å²) in [6.07, 6.45) is 1.72. The fourth-order valence-corrected chi connectivity index (χ4v) is 4.99. The Morgan fingerprint density at radius 2 is 1.89 bits per heavy atom. The largest absolute Gasteiger partial charge is 0.484 e. The summed E-state index contributed by atoms with van der Waals surface area (Å²) in [6, 6.07) is 17.2. The van der Waals surface area contributed by atoms with Crippen LogP contribution >= 0.6 is 58.8 Å². The topological polar surface area (TPSA) is 58.6 Å². The van der Waals surface area contributed by atoms with Gasteiger partial charge in [-0.2, -0.15) is 0 Å². The average Bonchev–Trinajstić information content (AvgIpc) is 3.09. The minimum atomic E-state index is -0.316. The van der Waals surface area contributed by atoms with Crippen molar-refractivity contribution in [1.29, 1.82) is 0 Å². The van der Waals surface area contributed by atoms with E-state index in [-0.39, 0.29) is 18.4 Å². The lowest BCUT2D eigenvalue weighted by Gasteiger charge is -2.15. The maximum atomic E-state index is 13.0. The Labute approximate surface area is 227 Å². The van der Waals surface area contributed by atoms with Gasteiger partial charge in [-0.15, -0.1) is 0 Å². The second-order valence-electron chi connectivity index (χ2n) is 7.48. The van der Waals surface area contributed by atoms with Gasteiger partial charge in [-0.1, -0.05) is 77.0 Å². The molecule has 2 amide bonds. The third-order valence-electron chi connectivity index (χ3n) is 4.95. The van der Waals surface area contributed by atoms with Gasteiger partial charge in [0.2, 0.25) is 0 Å². The van der Waals surface area contributed by atoms with E-state index in [4.69, 9.17) is 51.8 Å². The van der Waals surface area contributed by atoms with Crippen molar-refractivity contribution in [2.24, 2.45) is 0 Å². The summed E-state index contributed by atoms with van der Waals surface area (Å²) in [5.41, 5.74) is 2.79. The first kappa shape index (κ1) is 25.5. The predicted octanol–water partition coefficient (Wildman–Crippen LogP) is 7.38. The molecule has 0 atom stereocenters. The molecule has 178 valence electrons. The van der Waals surface area contributed by atoms with Crippen LogP contribution in [-0.4, -0.2) is 22.7 Å². The van der Waals surface area contributed by atoms with E-state index in [0.717, 1.165) is 11.1 Å². The summed E-state index contributed by atoms with van der Waals surface area (Å²) in [7, 11) is 0. The number of nitrogens with one attached hydrogen (secondary N) is 1. The number of ether oxygens (including phenoxy) is 1. The molecular formula is C25H17Cl3N2O3S2. The number of nitrogens with zero attached hydrogens (tertiary/aromatic N) is 1. The highest BCUT2D eigenvalue weighted by Gasteiger charge is 2.33. The fourth-order valence-electron chi connectivity index (χ4n) is 3.22. The molecule has 1 saturated heterocycles. The Morgan fingerprint density at radius 1 is 1.09 bits per heavy atom. The number of rotatable bonds is 6. The highest BCUT2D eigenvalue weighted by atomic mass is 35.5. The van der Waals surface area contributed by atoms with Crippen molar-refractivity contribution in [2.75, 3.05) is 16.8 Å². The monoisotopic (exact) mass is 562 g/mol. The normalized spacial score (nSPS) is 14.5. The molecule has 0 aromatic heterocycles. The Balaban J connectivity index is 1.44. The minimum Gasteiger partial charge on any atom is -0.484 e. The smallest absolute Gasteiger partial charge is 0.270 e. The molecule has 0 spiro atoms. The van der Waals surface area contributed by atoms with Crippen LogP contribution in [0.5, 0.6) is 5.75 Å². The number of carbonyl (C=O) groups is 2. The van der Waals surface area contributed by atoms with E-state index in [2.05, 4.69) is 5.32 Å². The Kier molecular flexibility index (Phi) is 8.04. The van der Waals surface area contributed by atoms with Gasteiger partial charge in [-0.05, 0) is 66.6 Å². The van der Waals surface area contributed by atoms with Crippen LogP contribution in [-0.2, 0) is 9.59 Å². The standard InChI is InChI=1S/C25H17Cl3N2O3S2/c1-14-5-6-16(26)11-21(14)29-23(31)13-33-18-4-2-3-15(9-18)10-22-24(32)30(25(34)35-22)17-7-8-19(27)20(28)12-17/h2-12H,13H2,1H3,(H,29,31)/b22-10-. The summed E-state index contributed by atoms with van der Waals surface area (Å²) in [5.74, 6) is -0.0964. The second-order valence-corrected chi connectivity index (χ2v) is 10.4. The van der Waals surface area contributed by atoms with Crippen LogP contribution in [0.3, 0.4) is 0 Å². The number of aryl methyl sites for hydroxylation is 1. The third kappa shape index (κ3) is 6.18. The molecule has 0 aliphatic carbocycles. The molecule has 0 bridgehead atoms. The summed E-state index contributed by atoms with van der Waals surface area (Å²) < 4.78 is 6.04. The molecule has 5 nitrogen and oxygen atoms in total. The van der Waals surface area contributed by atoms with E-state index < -0.39 is 0 Å². The number of amides is 2. The van der Waals surface area contributed by atoms with Gasteiger partial charge in [-0.25, -0.2) is 0 Å². The molecule has 35 heavy (non-hydrogen) atoms. The second kappa shape index (κ2) is 11.0. The molecule has 0 radical (unpaired) electrons. The molecule has 1 fully saturated rings. The van der Waals surface area contributed by atoms with Gasteiger partial charge in [0.05, 0.1) is 20.6 Å². The van der Waals surface area contributed by atoms with Crippen LogP contribution in [0.1, 0.15) is 11.1 Å². The van der Waals surface area contributed by atoms with Crippen molar-refractivity contribution in [1.82, 2.24) is 0 Å². The van der Waals surface area contributed by atoms with Gasteiger partial charge >= 0.3 is 0 Å². The van der Waals surface area contributed by atoms with Gasteiger partial charge in [-0.3, -0.25) is 14.5 Å². The van der Waals surface area contributed by atoms with E-state index in [1.54, 1.807) is 54.6 Å². The van der Waals surface area contributed by atoms with Crippen LogP contribution in [0.2, 0.25) is 15.1 Å². The zero-order chi connectivity index (χ0) is 25.1. The molecular weight excluding hydrogens is 547 g/mol. The van der Waals surface area contributed by atoms with Crippen molar-refractivity contribution in [3.05, 3.63) is 91.8 Å². The Bertz CT molecular complexity index is 1380. The highest BCUT2D eigenvalue weighted by molar-refractivity contribution is 8.27. The lowest BCUT2D eigenvalue weighted by atomic mass is 10.2. The van der Waals surface area contributed by atoms with Crippen LogP contribution in [0.15, 0.2) is 65.6 Å². The molecule has 1 N–H and O–H groups in total. The highest BCUT2D eigenvalue weighted by Crippen LogP contribution is 2.38. The number of thioether (sulfide) groups is 1. The molecule has 3 aromatic rings. The molecule has 10 heteroatoms. The predicted molar refractivity (Wildman–Crippen MR) is 149 cm³/mol. The lowest BCUT2D eigenvalue weighted by molar-refractivity contribution is -0.118. The van der Waals surface area contributed by atoms with Crippen LogP contribution < -0.4 is 15.0 Å². The summed E-state index contributed by atoms with van der Waals surface area (Å²) in [4.78, 5) is 27.2. The van der Waals surface area contributed by atoms with E-state index in [1.807, 2.05) is 19.1 Å². The number of thiocarbonyl (C=S) groups is 1. The average molecular weight is 564 g/mol. The third-order valence-corrected chi connectivity index (χ3v) is 7.23. The molecule has 4 rings (SSSR count). The lowest BCUT2D eigenvalue weighted by Crippen LogP contribution is -2.27. The molecule has 3 aromatic carbocycles. The van der Waals surface area contributed by atoms with E-state index in [1.165, 1.54) is 16.7 Å². The van der Waals surface area contributed by atoms with Crippen molar-refractivity contribution >= 4 is 92.4 Å². The van der Waals surface area contributed by atoms with Crippen molar-refractivity contribution < 1.29 is 14.3 Å². The SMILES string of the molecule is Cc1ccc(Cl)cc1NC(=O)COc1cccc(/C=C2\SC(=S)N(c3ccc(Cl)c(Cl)c3)C2=O)c1. The molecule has 1 aliphatic heterocycles. The molecule has 0 unspecified atom stereocenters. The number of hydrogen-bond donors (Lipinski definition) is 1. The molecule has 0 saturated carbocycles. The number of hydrogen-bond acceptors (Lipinski definition) is 5. The maximum absolute atomic E-state index is 13.0. The van der Waals surface area contributed by atoms with E-state index in [0.29, 0.717) is 41.4 Å². The van der Waals surface area contributed by atoms with Gasteiger partial charge in [0, 0.05) is 10.7 Å². The first-order valence-electron chi connectivity index (χ1n) is 10.2. The molecule has 1 aliphatic rings. The zero-order valence-electron chi connectivity index (χ0n) is 18.2. The van der Waals surface area contributed by atoms with Crippen molar-refractivity contribution in [3.63, 3.8) is 0 Å². The molecule has 1 heterocycles. The number of anilines is 2. The maximum Gasteiger partial charge on any atom is 0.270 e. The van der Waals surface area contributed by atoms with Crippen LogP contribution in [0.25, 0.3) is 6.08 Å². The van der Waals surface area contributed by atoms with Crippen molar-refractivity contribution in [2.45, 2.75) is 6.92 Å². The zero-order valence-corrected chi connectivity index (χ0v) is 22.1. The van der Waals surface area contributed by atoms with Crippen molar-refractivity contribution in [3.8, 4) is 5.75 Å². The van der Waals surface area contributed by atoms with Gasteiger partial charge in [0.25, 0.3) is 11.8 Å². The Morgan fingerprint density at radius 3 is 2.66 bits per heavy atom. The minimum absolute atomic E-state index is 0.186. The number of benzene rings is 3. The quantitative estimate of drug-likeness (QED) is 0.250.